The molecule has 1 aliphatic carbocycles. The first kappa shape index (κ1) is 27.3. The predicted molar refractivity (Wildman–Crippen MR) is 142 cm³/mol. The van der Waals surface area contributed by atoms with Crippen LogP contribution in [0.3, 0.4) is 0 Å². The molecule has 5 nitrogen and oxygen atoms in total. The van der Waals surface area contributed by atoms with Gasteiger partial charge in [0.15, 0.2) is 6.61 Å². The van der Waals surface area contributed by atoms with E-state index in [0.29, 0.717) is 15.8 Å². The van der Waals surface area contributed by atoms with Gasteiger partial charge in [-0.05, 0) is 60.6 Å². The molecule has 190 valence electrons. The Morgan fingerprint density at radius 3 is 2.29 bits per heavy atom. The highest BCUT2D eigenvalue weighted by Gasteiger charge is 2.28. The minimum atomic E-state index is -0.661. The molecule has 0 bridgehead atoms. The second kappa shape index (κ2) is 12.1. The predicted octanol–water partition coefficient (Wildman–Crippen LogP) is 6.54. The highest BCUT2D eigenvalue weighted by Crippen LogP contribution is 2.26. The fourth-order valence-corrected chi connectivity index (χ4v) is 4.59. The summed E-state index contributed by atoms with van der Waals surface area (Å²) in [6.07, 6.45) is 5.40. The van der Waals surface area contributed by atoms with E-state index < -0.39 is 6.04 Å². The van der Waals surface area contributed by atoms with Crippen LogP contribution in [0.2, 0.25) is 10.0 Å². The molecule has 0 radical (unpaired) electrons. The van der Waals surface area contributed by atoms with Gasteiger partial charge in [0, 0.05) is 12.6 Å². The van der Waals surface area contributed by atoms with Crippen molar-refractivity contribution in [1.29, 1.82) is 0 Å². The first-order chi connectivity index (χ1) is 16.5. The Morgan fingerprint density at radius 1 is 1.03 bits per heavy atom. The SMILES string of the molecule is C[C@@H](C(=O)NC1CCCCC1)N(Cc1ccc(Cl)c(Cl)c1)C(=O)COc1ccc(C(C)(C)C)cc1. The standard InChI is InChI=1S/C28H36Cl2N2O3/c1-19(27(34)31-22-8-6-5-7-9-22)32(17-20-10-15-24(29)25(30)16-20)26(33)18-35-23-13-11-21(12-14-23)28(2,3)4/h10-16,19,22H,5-9,17-18H2,1-4H3,(H,31,34)/t19-/m0/s1. The summed E-state index contributed by atoms with van der Waals surface area (Å²) >= 11 is 12.3. The third kappa shape index (κ3) is 7.88. The molecule has 1 N–H and O–H groups in total. The minimum absolute atomic E-state index is 0.0339. The lowest BCUT2D eigenvalue weighted by Gasteiger charge is -2.31. The van der Waals surface area contributed by atoms with Gasteiger partial charge in [-0.15, -0.1) is 0 Å². The largest absolute Gasteiger partial charge is 0.484 e. The fourth-order valence-electron chi connectivity index (χ4n) is 4.27. The maximum atomic E-state index is 13.3. The van der Waals surface area contributed by atoms with E-state index in [2.05, 4.69) is 26.1 Å². The van der Waals surface area contributed by atoms with Crippen LogP contribution in [0.5, 0.6) is 5.75 Å². The summed E-state index contributed by atoms with van der Waals surface area (Å²) in [4.78, 5) is 27.9. The lowest BCUT2D eigenvalue weighted by molar-refractivity contribution is -0.142. The van der Waals surface area contributed by atoms with Crippen molar-refractivity contribution in [2.75, 3.05) is 6.61 Å². The van der Waals surface area contributed by atoms with Crippen LogP contribution in [-0.4, -0.2) is 35.4 Å². The van der Waals surface area contributed by atoms with Gasteiger partial charge in [0.25, 0.3) is 5.91 Å². The van der Waals surface area contributed by atoms with Gasteiger partial charge < -0.3 is 15.0 Å². The smallest absolute Gasteiger partial charge is 0.261 e. The van der Waals surface area contributed by atoms with E-state index in [1.165, 1.54) is 12.0 Å². The summed E-state index contributed by atoms with van der Waals surface area (Å²) in [5.41, 5.74) is 2.01. The number of carbonyl (C=O) groups is 2. The van der Waals surface area contributed by atoms with Gasteiger partial charge in [0.05, 0.1) is 10.0 Å². The number of nitrogens with one attached hydrogen (secondary N) is 1. The fraction of sp³-hybridized carbons (Fsp3) is 0.500. The number of nitrogens with zero attached hydrogens (tertiary/aromatic N) is 1. The number of ether oxygens (including phenoxy) is 1. The normalized spacial score (nSPS) is 15.4. The summed E-state index contributed by atoms with van der Waals surface area (Å²) in [7, 11) is 0. The molecule has 2 amide bonds. The maximum absolute atomic E-state index is 13.3. The first-order valence-electron chi connectivity index (χ1n) is 12.3. The molecule has 3 rings (SSSR count). The minimum Gasteiger partial charge on any atom is -0.484 e. The van der Waals surface area contributed by atoms with Crippen molar-refractivity contribution >= 4 is 35.0 Å². The molecule has 0 heterocycles. The van der Waals surface area contributed by atoms with Gasteiger partial charge in [-0.1, -0.05) is 81.4 Å². The Morgan fingerprint density at radius 2 is 1.69 bits per heavy atom. The van der Waals surface area contributed by atoms with Crippen molar-refractivity contribution in [3.8, 4) is 5.75 Å². The molecule has 0 aliphatic heterocycles. The van der Waals surface area contributed by atoms with Crippen LogP contribution in [0.25, 0.3) is 0 Å². The zero-order valence-electron chi connectivity index (χ0n) is 21.1. The summed E-state index contributed by atoms with van der Waals surface area (Å²) < 4.78 is 5.81. The van der Waals surface area contributed by atoms with Crippen LogP contribution in [0.15, 0.2) is 42.5 Å². The first-order valence-corrected chi connectivity index (χ1v) is 13.1. The van der Waals surface area contributed by atoms with Crippen molar-refractivity contribution in [3.63, 3.8) is 0 Å². The number of hydrogen-bond donors (Lipinski definition) is 1. The zero-order chi connectivity index (χ0) is 25.6. The van der Waals surface area contributed by atoms with Crippen molar-refractivity contribution in [3.05, 3.63) is 63.6 Å². The molecule has 7 heteroatoms. The topological polar surface area (TPSA) is 58.6 Å². The lowest BCUT2D eigenvalue weighted by atomic mass is 9.87. The Labute approximate surface area is 219 Å². The van der Waals surface area contributed by atoms with Crippen LogP contribution < -0.4 is 10.1 Å². The van der Waals surface area contributed by atoms with Gasteiger partial charge in [-0.3, -0.25) is 9.59 Å². The molecule has 0 saturated heterocycles. The molecule has 1 aliphatic rings. The average molecular weight is 520 g/mol. The molecule has 1 atom stereocenters. The monoisotopic (exact) mass is 518 g/mol. The molecule has 2 aromatic rings. The summed E-state index contributed by atoms with van der Waals surface area (Å²) in [5.74, 6) is 0.183. The Bertz CT molecular complexity index is 1010. The highest BCUT2D eigenvalue weighted by atomic mass is 35.5. The second-order valence-electron chi connectivity index (χ2n) is 10.4. The van der Waals surface area contributed by atoms with Crippen molar-refractivity contribution in [2.45, 2.75) is 83.8 Å². The van der Waals surface area contributed by atoms with Crippen LogP contribution >= 0.6 is 23.2 Å². The summed E-state index contributed by atoms with van der Waals surface area (Å²) in [5, 5.41) is 3.98. The summed E-state index contributed by atoms with van der Waals surface area (Å²) in [6.45, 7) is 8.25. The zero-order valence-corrected chi connectivity index (χ0v) is 22.6. The Hall–Kier alpha value is -2.24. The molecule has 0 unspecified atom stereocenters. The number of halogens is 2. The van der Waals surface area contributed by atoms with Gasteiger partial charge in [-0.25, -0.2) is 0 Å². The van der Waals surface area contributed by atoms with Crippen LogP contribution in [0.1, 0.15) is 70.9 Å². The van der Waals surface area contributed by atoms with E-state index >= 15 is 0 Å². The molecular formula is C28H36Cl2N2O3. The molecule has 1 fully saturated rings. The van der Waals surface area contributed by atoms with Crippen molar-refractivity contribution in [1.82, 2.24) is 10.2 Å². The highest BCUT2D eigenvalue weighted by molar-refractivity contribution is 6.42. The van der Waals surface area contributed by atoms with Crippen molar-refractivity contribution < 1.29 is 14.3 Å². The quantitative estimate of drug-likeness (QED) is 0.431. The lowest BCUT2D eigenvalue weighted by Crippen LogP contribution is -2.51. The number of hydrogen-bond acceptors (Lipinski definition) is 3. The Kier molecular flexibility index (Phi) is 9.48. The van der Waals surface area contributed by atoms with E-state index in [1.54, 1.807) is 24.0 Å². The van der Waals surface area contributed by atoms with Crippen molar-refractivity contribution in [2.24, 2.45) is 0 Å². The Balaban J connectivity index is 1.72. The van der Waals surface area contributed by atoms with E-state index in [4.69, 9.17) is 27.9 Å². The number of rotatable bonds is 8. The van der Waals surface area contributed by atoms with E-state index in [1.807, 2.05) is 30.3 Å². The van der Waals surface area contributed by atoms with Gasteiger partial charge in [-0.2, -0.15) is 0 Å². The molecule has 1 saturated carbocycles. The summed E-state index contributed by atoms with van der Waals surface area (Å²) in [6, 6.07) is 12.5. The van der Waals surface area contributed by atoms with E-state index in [9.17, 15) is 9.59 Å². The average Bonchev–Trinajstić information content (AvgIpc) is 2.83. The van der Waals surface area contributed by atoms with Gasteiger partial charge >= 0.3 is 0 Å². The second-order valence-corrected chi connectivity index (χ2v) is 11.2. The number of carbonyl (C=O) groups excluding carboxylic acids is 2. The molecule has 0 spiro atoms. The molecular weight excluding hydrogens is 483 g/mol. The third-order valence-corrected chi connectivity index (χ3v) is 7.28. The maximum Gasteiger partial charge on any atom is 0.261 e. The van der Waals surface area contributed by atoms with E-state index in [0.717, 1.165) is 31.2 Å². The van der Waals surface area contributed by atoms with Crippen LogP contribution in [0, 0.1) is 0 Å². The van der Waals surface area contributed by atoms with E-state index in [-0.39, 0.29) is 36.4 Å². The number of benzene rings is 2. The third-order valence-electron chi connectivity index (χ3n) is 6.54. The number of amides is 2. The van der Waals surface area contributed by atoms with Gasteiger partial charge in [0.1, 0.15) is 11.8 Å². The molecule has 35 heavy (non-hydrogen) atoms. The molecule has 0 aromatic heterocycles. The van der Waals surface area contributed by atoms with Crippen LogP contribution in [0.4, 0.5) is 0 Å². The van der Waals surface area contributed by atoms with Gasteiger partial charge in [0.2, 0.25) is 5.91 Å². The van der Waals surface area contributed by atoms with Crippen LogP contribution in [-0.2, 0) is 21.5 Å². The molecule has 2 aromatic carbocycles.